The first kappa shape index (κ1) is 12.5. The molecule has 0 spiro atoms. The fourth-order valence-corrected chi connectivity index (χ4v) is 1.41. The number of aromatic nitrogens is 2. The number of rotatable bonds is 6. The number of hydrogen-bond acceptors (Lipinski definition) is 2. The molecular weight excluding hydrogens is 277 g/mol. The molecule has 0 aliphatic heterocycles. The van der Waals surface area contributed by atoms with Crippen LogP contribution >= 0.6 is 15.9 Å². The van der Waals surface area contributed by atoms with Gasteiger partial charge in [0, 0.05) is 6.20 Å². The molecule has 0 aliphatic carbocycles. The molecule has 86 valence electrons. The molecule has 7 heteroatoms. The number of aryl methyl sites for hydroxylation is 1. The van der Waals surface area contributed by atoms with Crippen LogP contribution in [0, 0.1) is 0 Å². The topological polar surface area (TPSA) is 27.1 Å². The summed E-state index contributed by atoms with van der Waals surface area (Å²) in [5.41, 5.74) is 0.490. The van der Waals surface area contributed by atoms with Crippen molar-refractivity contribution in [1.82, 2.24) is 9.78 Å². The van der Waals surface area contributed by atoms with Crippen molar-refractivity contribution in [3.05, 3.63) is 16.4 Å². The van der Waals surface area contributed by atoms with Gasteiger partial charge in [0.2, 0.25) is 0 Å². The average Bonchev–Trinajstić information content (AvgIpc) is 2.47. The second-order valence-electron chi connectivity index (χ2n) is 2.78. The molecule has 3 nitrogen and oxygen atoms in total. The summed E-state index contributed by atoms with van der Waals surface area (Å²) in [6.45, 7) is -1.01. The largest absolute Gasteiger partial charge is 0.369 e. The molecule has 1 heterocycles. The zero-order valence-electron chi connectivity index (χ0n) is 7.80. The molecule has 0 unspecified atom stereocenters. The van der Waals surface area contributed by atoms with E-state index in [2.05, 4.69) is 21.0 Å². The molecule has 0 radical (unpaired) electrons. The van der Waals surface area contributed by atoms with E-state index in [-0.39, 0.29) is 13.2 Å². The van der Waals surface area contributed by atoms with Gasteiger partial charge in [0.05, 0.1) is 17.6 Å². The van der Waals surface area contributed by atoms with Crippen molar-refractivity contribution in [2.75, 3.05) is 13.3 Å². The third-order valence-corrected chi connectivity index (χ3v) is 2.25. The summed E-state index contributed by atoms with van der Waals surface area (Å²) in [6.07, 6.45) is -0.905. The number of ether oxygens (including phenoxy) is 1. The van der Waals surface area contributed by atoms with Crippen LogP contribution in [-0.4, -0.2) is 29.5 Å². The maximum atomic E-state index is 12.0. The Morgan fingerprint density at radius 2 is 2.27 bits per heavy atom. The van der Waals surface area contributed by atoms with E-state index >= 15 is 0 Å². The maximum absolute atomic E-state index is 12.0. The summed E-state index contributed by atoms with van der Waals surface area (Å²) < 4.78 is 42.2. The van der Waals surface area contributed by atoms with Crippen LogP contribution in [0.3, 0.4) is 0 Å². The fraction of sp³-hybridized carbons (Fsp3) is 0.625. The molecular formula is C8H10BrF3N2O. The van der Waals surface area contributed by atoms with Gasteiger partial charge in [-0.1, -0.05) is 0 Å². The second-order valence-corrected chi connectivity index (χ2v) is 3.64. The van der Waals surface area contributed by atoms with Gasteiger partial charge in [-0.25, -0.2) is 13.2 Å². The highest BCUT2D eigenvalue weighted by Crippen LogP contribution is 2.16. The highest BCUT2D eigenvalue weighted by Gasteiger charge is 2.08. The predicted octanol–water partition coefficient (Wildman–Crippen LogP) is 2.40. The highest BCUT2D eigenvalue weighted by molar-refractivity contribution is 9.10. The molecule has 0 aliphatic rings. The molecule has 0 N–H and O–H groups in total. The number of hydrogen-bond donors (Lipinski definition) is 0. The van der Waals surface area contributed by atoms with Crippen LogP contribution in [0.5, 0.6) is 0 Å². The van der Waals surface area contributed by atoms with Gasteiger partial charge in [-0.3, -0.25) is 4.68 Å². The smallest absolute Gasteiger partial charge is 0.261 e. The summed E-state index contributed by atoms with van der Waals surface area (Å²) in [6, 6.07) is 0. The molecule has 15 heavy (non-hydrogen) atoms. The Hall–Kier alpha value is -0.560. The zero-order valence-corrected chi connectivity index (χ0v) is 9.38. The molecule has 0 saturated heterocycles. The normalized spacial score (nSPS) is 11.3. The first-order valence-corrected chi connectivity index (χ1v) is 5.06. The molecule has 0 atom stereocenters. The van der Waals surface area contributed by atoms with Gasteiger partial charge in [0.15, 0.2) is 0 Å². The molecule has 1 rings (SSSR count). The first-order chi connectivity index (χ1) is 7.13. The first-order valence-electron chi connectivity index (χ1n) is 4.27. The van der Waals surface area contributed by atoms with Crippen molar-refractivity contribution in [2.24, 2.45) is 0 Å². The predicted molar refractivity (Wildman–Crippen MR) is 51.6 cm³/mol. The van der Waals surface area contributed by atoms with Crippen LogP contribution in [0.4, 0.5) is 13.2 Å². The van der Waals surface area contributed by atoms with Crippen molar-refractivity contribution in [1.29, 1.82) is 0 Å². The van der Waals surface area contributed by atoms with E-state index in [1.807, 2.05) is 0 Å². The van der Waals surface area contributed by atoms with E-state index < -0.39 is 19.7 Å². The van der Waals surface area contributed by atoms with Crippen molar-refractivity contribution >= 4 is 15.9 Å². The van der Waals surface area contributed by atoms with E-state index in [0.29, 0.717) is 10.2 Å². The van der Waals surface area contributed by atoms with Gasteiger partial charge in [-0.15, -0.1) is 0 Å². The molecule has 1 aromatic rings. The van der Waals surface area contributed by atoms with Gasteiger partial charge in [-0.2, -0.15) is 5.10 Å². The Kier molecular flexibility index (Phi) is 5.10. The molecule has 0 aromatic carbocycles. The number of halogens is 4. The SMILES string of the molecule is FCCn1cc(Br)c(COCC(F)F)n1. The summed E-state index contributed by atoms with van der Waals surface area (Å²) in [5.74, 6) is 0. The molecule has 0 amide bonds. The zero-order chi connectivity index (χ0) is 11.3. The third-order valence-electron chi connectivity index (χ3n) is 1.58. The van der Waals surface area contributed by atoms with Gasteiger partial charge < -0.3 is 4.74 Å². The Morgan fingerprint density at radius 1 is 1.53 bits per heavy atom. The lowest BCUT2D eigenvalue weighted by Gasteiger charge is -2.00. The van der Waals surface area contributed by atoms with Gasteiger partial charge >= 0.3 is 0 Å². The van der Waals surface area contributed by atoms with Crippen molar-refractivity contribution in [2.45, 2.75) is 19.6 Å². The third kappa shape index (κ3) is 4.21. The lowest BCUT2D eigenvalue weighted by atomic mass is 10.5. The minimum absolute atomic E-state index is 0.00971. The Morgan fingerprint density at radius 3 is 2.87 bits per heavy atom. The fourth-order valence-electron chi connectivity index (χ4n) is 0.981. The van der Waals surface area contributed by atoms with Crippen molar-refractivity contribution in [3.63, 3.8) is 0 Å². The van der Waals surface area contributed by atoms with E-state index in [1.54, 1.807) is 6.20 Å². The number of nitrogens with zero attached hydrogens (tertiary/aromatic N) is 2. The van der Waals surface area contributed by atoms with Crippen LogP contribution in [-0.2, 0) is 17.9 Å². The second kappa shape index (κ2) is 6.12. The lowest BCUT2D eigenvalue weighted by molar-refractivity contribution is 0.00850. The Labute approximate surface area is 93.3 Å². The molecule has 0 fully saturated rings. The standard InChI is InChI=1S/C8H10BrF3N2O/c9-6-3-14(2-1-10)13-7(6)4-15-5-8(11)12/h3,8H,1-2,4-5H2. The summed E-state index contributed by atoms with van der Waals surface area (Å²) in [5, 5.41) is 3.96. The van der Waals surface area contributed by atoms with Gasteiger partial charge in [0.25, 0.3) is 6.43 Å². The van der Waals surface area contributed by atoms with Gasteiger partial charge in [-0.05, 0) is 15.9 Å². The number of alkyl halides is 3. The van der Waals surface area contributed by atoms with E-state index in [9.17, 15) is 13.2 Å². The average molecular weight is 287 g/mol. The van der Waals surface area contributed by atoms with E-state index in [4.69, 9.17) is 4.74 Å². The van der Waals surface area contributed by atoms with Crippen LogP contribution in [0.1, 0.15) is 5.69 Å². The van der Waals surface area contributed by atoms with Crippen LogP contribution in [0.15, 0.2) is 10.7 Å². The van der Waals surface area contributed by atoms with E-state index in [1.165, 1.54) is 4.68 Å². The van der Waals surface area contributed by atoms with Crippen molar-refractivity contribution in [3.8, 4) is 0 Å². The highest BCUT2D eigenvalue weighted by atomic mass is 79.9. The summed E-state index contributed by atoms with van der Waals surface area (Å²) >= 11 is 3.18. The summed E-state index contributed by atoms with van der Waals surface area (Å²) in [4.78, 5) is 0. The minimum atomic E-state index is -2.49. The molecule has 0 saturated carbocycles. The van der Waals surface area contributed by atoms with Crippen LogP contribution in [0.2, 0.25) is 0 Å². The quantitative estimate of drug-likeness (QED) is 0.803. The van der Waals surface area contributed by atoms with Crippen LogP contribution in [0.25, 0.3) is 0 Å². The Balaban J connectivity index is 2.46. The Bertz CT molecular complexity index is 306. The molecule has 0 bridgehead atoms. The minimum Gasteiger partial charge on any atom is -0.369 e. The lowest BCUT2D eigenvalue weighted by Crippen LogP contribution is -2.06. The maximum Gasteiger partial charge on any atom is 0.261 e. The van der Waals surface area contributed by atoms with E-state index in [0.717, 1.165) is 0 Å². The monoisotopic (exact) mass is 286 g/mol. The summed E-state index contributed by atoms with van der Waals surface area (Å²) in [7, 11) is 0. The molecule has 1 aromatic heterocycles. The van der Waals surface area contributed by atoms with Crippen molar-refractivity contribution < 1.29 is 17.9 Å². The van der Waals surface area contributed by atoms with Crippen LogP contribution < -0.4 is 0 Å². The van der Waals surface area contributed by atoms with Gasteiger partial charge in [0.1, 0.15) is 19.0 Å².